The highest BCUT2D eigenvalue weighted by Gasteiger charge is 2.29. The van der Waals surface area contributed by atoms with Crippen LogP contribution in [0.2, 0.25) is 0 Å². The number of guanidine groups is 1. The molecule has 2 unspecified atom stereocenters. The minimum Gasteiger partial charge on any atom is -0.493 e. The molecule has 0 amide bonds. The van der Waals surface area contributed by atoms with E-state index in [1.807, 2.05) is 6.07 Å². The molecular formula is C16H26N4O4S. The van der Waals surface area contributed by atoms with Gasteiger partial charge in [-0.2, -0.15) is 0 Å². The maximum atomic E-state index is 11.4. The molecule has 8 nitrogen and oxygen atoms in total. The summed E-state index contributed by atoms with van der Waals surface area (Å²) in [5.74, 6) is 1.65. The average Bonchev–Trinajstić information content (AvgIpc) is 2.97. The molecule has 1 aliphatic rings. The first kappa shape index (κ1) is 19.3. The summed E-state index contributed by atoms with van der Waals surface area (Å²) in [4.78, 5) is 4.36. The normalized spacial score (nSPS) is 21.2. The number of nitrogens with one attached hydrogen (secondary N) is 2. The van der Waals surface area contributed by atoms with Gasteiger partial charge in [0.1, 0.15) is 0 Å². The van der Waals surface area contributed by atoms with Crippen molar-refractivity contribution >= 4 is 21.7 Å². The predicted octanol–water partition coefficient (Wildman–Crippen LogP) is 1.15. The van der Waals surface area contributed by atoms with Crippen LogP contribution in [-0.4, -0.2) is 47.4 Å². The van der Waals surface area contributed by atoms with Gasteiger partial charge in [-0.05, 0) is 30.9 Å². The predicted molar refractivity (Wildman–Crippen MR) is 98.8 cm³/mol. The van der Waals surface area contributed by atoms with Gasteiger partial charge in [0.25, 0.3) is 0 Å². The highest BCUT2D eigenvalue weighted by Crippen LogP contribution is 2.30. The number of hydrogen-bond donors (Lipinski definition) is 3. The first-order valence-corrected chi connectivity index (χ1v) is 9.98. The van der Waals surface area contributed by atoms with Crippen LogP contribution in [0.3, 0.4) is 0 Å². The molecule has 0 saturated heterocycles. The molecule has 0 radical (unpaired) electrons. The lowest BCUT2D eigenvalue weighted by atomic mass is 10.1. The molecule has 25 heavy (non-hydrogen) atoms. The van der Waals surface area contributed by atoms with Crippen molar-refractivity contribution in [3.63, 3.8) is 0 Å². The van der Waals surface area contributed by atoms with Gasteiger partial charge in [0.05, 0.1) is 20.5 Å². The lowest BCUT2D eigenvalue weighted by molar-refractivity contribution is 0.355. The van der Waals surface area contributed by atoms with Crippen molar-refractivity contribution in [1.29, 1.82) is 0 Å². The van der Waals surface area contributed by atoms with Gasteiger partial charge in [-0.3, -0.25) is 4.99 Å². The lowest BCUT2D eigenvalue weighted by Gasteiger charge is -2.18. The number of methoxy groups -OCH3 is 2. The first-order valence-electron chi connectivity index (χ1n) is 8.08. The van der Waals surface area contributed by atoms with E-state index in [9.17, 15) is 8.42 Å². The maximum absolute atomic E-state index is 11.4. The second-order valence-corrected chi connectivity index (χ2v) is 7.89. The van der Waals surface area contributed by atoms with E-state index < -0.39 is 10.0 Å². The third-order valence-corrected chi connectivity index (χ3v) is 4.91. The third-order valence-electron chi connectivity index (χ3n) is 4.18. The van der Waals surface area contributed by atoms with Gasteiger partial charge in [-0.15, -0.1) is 0 Å². The molecule has 0 heterocycles. The van der Waals surface area contributed by atoms with Crippen LogP contribution >= 0.6 is 0 Å². The number of nitrogens with two attached hydrogens (primary N) is 1. The van der Waals surface area contributed by atoms with Crippen molar-refractivity contribution in [1.82, 2.24) is 4.72 Å². The number of rotatable bonds is 7. The Balaban J connectivity index is 1.97. The number of nitrogens with zero attached hydrogens (tertiary/aromatic N) is 1. The molecule has 1 aliphatic carbocycles. The fraction of sp³-hybridized carbons (Fsp3) is 0.562. The number of ether oxygens (including phenoxy) is 2. The van der Waals surface area contributed by atoms with Gasteiger partial charge >= 0.3 is 0 Å². The Morgan fingerprint density at radius 2 is 2.00 bits per heavy atom. The van der Waals surface area contributed by atoms with Crippen LogP contribution in [0, 0.1) is 5.92 Å². The van der Waals surface area contributed by atoms with Crippen molar-refractivity contribution < 1.29 is 17.9 Å². The van der Waals surface area contributed by atoms with Crippen LogP contribution in [-0.2, 0) is 10.0 Å². The Kier molecular flexibility index (Phi) is 6.49. The van der Waals surface area contributed by atoms with Crippen molar-refractivity contribution in [3.05, 3.63) is 18.2 Å². The molecule has 0 aromatic heterocycles. The van der Waals surface area contributed by atoms with Gasteiger partial charge in [0.15, 0.2) is 17.5 Å². The molecule has 1 saturated carbocycles. The van der Waals surface area contributed by atoms with E-state index in [4.69, 9.17) is 15.2 Å². The molecule has 140 valence electrons. The number of anilines is 1. The first-order chi connectivity index (χ1) is 11.8. The Morgan fingerprint density at radius 1 is 1.28 bits per heavy atom. The van der Waals surface area contributed by atoms with Crippen molar-refractivity contribution in [2.24, 2.45) is 16.6 Å². The van der Waals surface area contributed by atoms with Crippen LogP contribution in [0.15, 0.2) is 23.2 Å². The monoisotopic (exact) mass is 370 g/mol. The molecule has 0 bridgehead atoms. The minimum absolute atomic E-state index is 0.0763. The summed E-state index contributed by atoms with van der Waals surface area (Å²) in [7, 11) is -0.0767. The lowest BCUT2D eigenvalue weighted by Crippen LogP contribution is -2.38. The zero-order valence-electron chi connectivity index (χ0n) is 14.8. The topological polar surface area (TPSA) is 115 Å². The van der Waals surface area contributed by atoms with Crippen LogP contribution in [0.4, 0.5) is 5.69 Å². The fourth-order valence-corrected chi connectivity index (χ4v) is 3.86. The second kappa shape index (κ2) is 8.39. The molecule has 0 aliphatic heterocycles. The Hall–Kier alpha value is -2.00. The SMILES string of the molecule is COc1ccc(NC(N)=NCC2CCCC2NS(C)(=O)=O)cc1OC. The molecular weight excluding hydrogens is 344 g/mol. The quantitative estimate of drug-likeness (QED) is 0.490. The smallest absolute Gasteiger partial charge is 0.208 e. The zero-order valence-corrected chi connectivity index (χ0v) is 15.6. The summed E-state index contributed by atoms with van der Waals surface area (Å²) >= 11 is 0. The van der Waals surface area contributed by atoms with Gasteiger partial charge in [0, 0.05) is 24.3 Å². The molecule has 1 aromatic rings. The van der Waals surface area contributed by atoms with Crippen molar-refractivity contribution in [2.45, 2.75) is 25.3 Å². The summed E-state index contributed by atoms with van der Waals surface area (Å²) in [6.07, 6.45) is 3.92. The standard InChI is InChI=1S/C16H26N4O4S/c1-23-14-8-7-12(9-15(14)24-2)19-16(17)18-10-11-5-4-6-13(11)20-25(3,21)22/h7-9,11,13,20H,4-6,10H2,1-3H3,(H3,17,18,19). The molecule has 2 atom stereocenters. The molecule has 1 fully saturated rings. The number of sulfonamides is 1. The number of aliphatic imine (C=N–C) groups is 1. The largest absolute Gasteiger partial charge is 0.493 e. The summed E-state index contributed by atoms with van der Waals surface area (Å²) < 4.78 is 36.0. The number of hydrogen-bond acceptors (Lipinski definition) is 5. The molecule has 2 rings (SSSR count). The summed E-state index contributed by atoms with van der Waals surface area (Å²) in [6, 6.07) is 5.28. The summed E-state index contributed by atoms with van der Waals surface area (Å²) in [5, 5.41) is 3.01. The Labute approximate surface area is 148 Å². The maximum Gasteiger partial charge on any atom is 0.208 e. The third kappa shape index (κ3) is 5.79. The van der Waals surface area contributed by atoms with Gasteiger partial charge in [0.2, 0.25) is 10.0 Å². The van der Waals surface area contributed by atoms with E-state index in [0.717, 1.165) is 24.9 Å². The Bertz CT molecular complexity index is 721. The minimum atomic E-state index is -3.21. The summed E-state index contributed by atoms with van der Waals surface area (Å²) in [5.41, 5.74) is 6.68. The van der Waals surface area contributed by atoms with Gasteiger partial charge in [-0.25, -0.2) is 13.1 Å². The van der Waals surface area contributed by atoms with Crippen LogP contribution < -0.4 is 25.2 Å². The Morgan fingerprint density at radius 3 is 2.64 bits per heavy atom. The highest BCUT2D eigenvalue weighted by atomic mass is 32.2. The highest BCUT2D eigenvalue weighted by molar-refractivity contribution is 7.88. The zero-order chi connectivity index (χ0) is 18.4. The van der Waals surface area contributed by atoms with Gasteiger partial charge < -0.3 is 20.5 Å². The second-order valence-electron chi connectivity index (χ2n) is 6.11. The van der Waals surface area contributed by atoms with E-state index in [2.05, 4.69) is 15.0 Å². The van der Waals surface area contributed by atoms with Crippen LogP contribution in [0.5, 0.6) is 11.5 Å². The van der Waals surface area contributed by atoms with E-state index in [1.54, 1.807) is 26.4 Å². The number of benzene rings is 1. The fourth-order valence-electron chi connectivity index (χ4n) is 3.00. The van der Waals surface area contributed by atoms with E-state index in [-0.39, 0.29) is 17.9 Å². The molecule has 9 heteroatoms. The van der Waals surface area contributed by atoms with E-state index in [0.29, 0.717) is 18.0 Å². The average molecular weight is 370 g/mol. The van der Waals surface area contributed by atoms with Crippen molar-refractivity contribution in [2.75, 3.05) is 32.3 Å². The van der Waals surface area contributed by atoms with Gasteiger partial charge in [-0.1, -0.05) is 6.42 Å². The van der Waals surface area contributed by atoms with Crippen LogP contribution in [0.25, 0.3) is 0 Å². The molecule has 4 N–H and O–H groups in total. The molecule has 0 spiro atoms. The van der Waals surface area contributed by atoms with E-state index in [1.165, 1.54) is 6.26 Å². The van der Waals surface area contributed by atoms with Crippen LogP contribution in [0.1, 0.15) is 19.3 Å². The van der Waals surface area contributed by atoms with Crippen molar-refractivity contribution in [3.8, 4) is 11.5 Å². The van der Waals surface area contributed by atoms with E-state index >= 15 is 0 Å². The molecule has 1 aromatic carbocycles. The summed E-state index contributed by atoms with van der Waals surface area (Å²) in [6.45, 7) is 0.472.